The van der Waals surface area contributed by atoms with Gasteiger partial charge in [0, 0.05) is 62.5 Å². The summed E-state index contributed by atoms with van der Waals surface area (Å²) >= 11 is 0. The first-order valence-electron chi connectivity index (χ1n) is 10.6. The van der Waals surface area contributed by atoms with Crippen molar-refractivity contribution in [2.24, 2.45) is 0 Å². The van der Waals surface area contributed by atoms with E-state index in [4.69, 9.17) is 0 Å². The Hall–Kier alpha value is -2.45. The van der Waals surface area contributed by atoms with Gasteiger partial charge in [0.05, 0.1) is 0 Å². The van der Waals surface area contributed by atoms with Crippen LogP contribution in [-0.2, 0) is 16.1 Å². The van der Waals surface area contributed by atoms with Gasteiger partial charge in [-0.05, 0) is 37.9 Å². The van der Waals surface area contributed by atoms with Crippen molar-refractivity contribution in [3.8, 4) is 0 Å². The van der Waals surface area contributed by atoms with Gasteiger partial charge in [0.2, 0.25) is 11.8 Å². The minimum atomic E-state index is -0.570. The number of rotatable bonds is 7. The van der Waals surface area contributed by atoms with E-state index in [2.05, 4.69) is 20.9 Å². The quantitative estimate of drug-likeness (QED) is 0.458. The summed E-state index contributed by atoms with van der Waals surface area (Å²) in [5.41, 5.74) is 2.57. The third-order valence-electron chi connectivity index (χ3n) is 6.01. The predicted molar refractivity (Wildman–Crippen MR) is 110 cm³/mol. The second-order valence-electron chi connectivity index (χ2n) is 7.96. The monoisotopic (exact) mass is 399 g/mol. The molecule has 4 rings (SSSR count). The minimum Gasteiger partial charge on any atom is -0.385 e. The molecule has 1 unspecified atom stereocenters. The molecule has 3 N–H and O–H groups in total. The Bertz CT molecular complexity index is 791. The van der Waals surface area contributed by atoms with Crippen molar-refractivity contribution in [1.82, 2.24) is 20.4 Å². The highest BCUT2D eigenvalue weighted by Crippen LogP contribution is 2.32. The van der Waals surface area contributed by atoms with Gasteiger partial charge in [-0.1, -0.05) is 6.07 Å². The number of hydrogen-bond donors (Lipinski definition) is 3. The average Bonchev–Trinajstić information content (AvgIpc) is 3.06. The van der Waals surface area contributed by atoms with Gasteiger partial charge in [0.15, 0.2) is 0 Å². The van der Waals surface area contributed by atoms with Crippen LogP contribution in [0.1, 0.15) is 41.6 Å². The van der Waals surface area contributed by atoms with Crippen LogP contribution in [-0.4, -0.2) is 72.8 Å². The number of imide groups is 1. The largest absolute Gasteiger partial charge is 0.385 e. The van der Waals surface area contributed by atoms with Gasteiger partial charge in [0.1, 0.15) is 6.04 Å². The van der Waals surface area contributed by atoms with E-state index in [-0.39, 0.29) is 24.1 Å². The molecule has 0 radical (unpaired) electrons. The van der Waals surface area contributed by atoms with E-state index >= 15 is 0 Å². The highest BCUT2D eigenvalue weighted by molar-refractivity contribution is 6.06. The van der Waals surface area contributed by atoms with E-state index in [1.807, 2.05) is 18.2 Å². The third-order valence-corrected chi connectivity index (χ3v) is 6.01. The van der Waals surface area contributed by atoms with Crippen LogP contribution in [0.3, 0.4) is 0 Å². The molecule has 3 aliphatic rings. The summed E-state index contributed by atoms with van der Waals surface area (Å²) in [6, 6.07) is 5.13. The van der Waals surface area contributed by atoms with Gasteiger partial charge in [-0.25, -0.2) is 0 Å². The van der Waals surface area contributed by atoms with Crippen molar-refractivity contribution in [3.63, 3.8) is 0 Å². The SMILES string of the molecule is O=C1CCC(N2Cc3c(NCCCCN4CCNCC4)cccc3C2=O)C(=O)N1. The van der Waals surface area contributed by atoms with Crippen LogP contribution < -0.4 is 16.0 Å². The number of carbonyl (C=O) groups is 3. The summed E-state index contributed by atoms with van der Waals surface area (Å²) in [5.74, 6) is -0.764. The fourth-order valence-electron chi connectivity index (χ4n) is 4.37. The number of hydrogen-bond acceptors (Lipinski definition) is 6. The lowest BCUT2D eigenvalue weighted by Crippen LogP contribution is -2.52. The van der Waals surface area contributed by atoms with Crippen molar-refractivity contribution in [2.75, 3.05) is 44.6 Å². The normalized spacial score (nSPS) is 22.6. The summed E-state index contributed by atoms with van der Waals surface area (Å²) < 4.78 is 0. The standard InChI is InChI=1S/C21H29N5O3/c27-19-7-6-18(20(28)24-19)26-14-16-15(21(26)29)4-3-5-17(16)23-8-1-2-11-25-12-9-22-10-13-25/h3-5,18,22-23H,1-2,6-14H2,(H,24,27,28). The summed E-state index contributed by atoms with van der Waals surface area (Å²) in [6.45, 7) is 6.78. The Labute approximate surface area is 171 Å². The molecule has 1 atom stereocenters. The zero-order valence-corrected chi connectivity index (χ0v) is 16.7. The third kappa shape index (κ3) is 4.43. The lowest BCUT2D eigenvalue weighted by Gasteiger charge is -2.29. The van der Waals surface area contributed by atoms with E-state index in [0.717, 1.165) is 63.4 Å². The maximum atomic E-state index is 12.8. The number of piperazine rings is 1. The molecule has 0 saturated carbocycles. The molecular weight excluding hydrogens is 370 g/mol. The molecule has 1 aromatic carbocycles. The Morgan fingerprint density at radius 2 is 1.93 bits per heavy atom. The van der Waals surface area contributed by atoms with Crippen LogP contribution in [0.2, 0.25) is 0 Å². The molecule has 2 saturated heterocycles. The molecule has 0 spiro atoms. The Balaban J connectivity index is 1.32. The number of amides is 3. The number of carbonyl (C=O) groups excluding carboxylic acids is 3. The van der Waals surface area contributed by atoms with Crippen molar-refractivity contribution in [1.29, 1.82) is 0 Å². The number of unbranched alkanes of at least 4 members (excludes halogenated alkanes) is 1. The zero-order valence-electron chi connectivity index (χ0n) is 16.7. The number of fused-ring (bicyclic) bond motifs is 1. The molecule has 0 aliphatic carbocycles. The molecule has 1 aromatic rings. The Morgan fingerprint density at radius 1 is 1.10 bits per heavy atom. The molecule has 8 heteroatoms. The number of anilines is 1. The Morgan fingerprint density at radius 3 is 2.72 bits per heavy atom. The zero-order chi connectivity index (χ0) is 20.2. The number of benzene rings is 1. The van der Waals surface area contributed by atoms with Gasteiger partial charge in [-0.15, -0.1) is 0 Å². The fourth-order valence-corrected chi connectivity index (χ4v) is 4.37. The van der Waals surface area contributed by atoms with Crippen LogP contribution in [0.25, 0.3) is 0 Å². The number of nitrogens with zero attached hydrogens (tertiary/aromatic N) is 2. The first-order valence-corrected chi connectivity index (χ1v) is 10.6. The molecule has 156 valence electrons. The highest BCUT2D eigenvalue weighted by Gasteiger charge is 2.39. The lowest BCUT2D eigenvalue weighted by molar-refractivity contribution is -0.136. The average molecular weight is 399 g/mol. The summed E-state index contributed by atoms with van der Waals surface area (Å²) in [4.78, 5) is 40.5. The van der Waals surface area contributed by atoms with Crippen molar-refractivity contribution >= 4 is 23.4 Å². The van der Waals surface area contributed by atoms with Gasteiger partial charge >= 0.3 is 0 Å². The molecule has 0 bridgehead atoms. The molecule has 3 heterocycles. The van der Waals surface area contributed by atoms with Crippen molar-refractivity contribution < 1.29 is 14.4 Å². The molecule has 29 heavy (non-hydrogen) atoms. The highest BCUT2D eigenvalue weighted by atomic mass is 16.2. The molecule has 3 amide bonds. The second kappa shape index (κ2) is 8.92. The van der Waals surface area contributed by atoms with Gasteiger partial charge in [-0.2, -0.15) is 0 Å². The van der Waals surface area contributed by atoms with Crippen LogP contribution in [0, 0.1) is 0 Å². The van der Waals surface area contributed by atoms with E-state index in [0.29, 0.717) is 18.5 Å². The number of piperidine rings is 1. The van der Waals surface area contributed by atoms with Crippen LogP contribution in [0.4, 0.5) is 5.69 Å². The lowest BCUT2D eigenvalue weighted by atomic mass is 10.0. The first kappa shape index (κ1) is 19.8. The van der Waals surface area contributed by atoms with E-state index in [1.165, 1.54) is 0 Å². The predicted octanol–water partition coefficient (Wildman–Crippen LogP) is 0.545. The summed E-state index contributed by atoms with van der Waals surface area (Å²) in [5, 5.41) is 9.20. The number of nitrogens with one attached hydrogen (secondary N) is 3. The Kier molecular flexibility index (Phi) is 6.10. The van der Waals surface area contributed by atoms with Crippen LogP contribution in [0.15, 0.2) is 18.2 Å². The van der Waals surface area contributed by atoms with E-state index < -0.39 is 6.04 Å². The molecule has 0 aromatic heterocycles. The van der Waals surface area contributed by atoms with E-state index in [1.54, 1.807) is 4.90 Å². The summed E-state index contributed by atoms with van der Waals surface area (Å²) in [6.07, 6.45) is 2.87. The molecular formula is C21H29N5O3. The first-order chi connectivity index (χ1) is 14.1. The molecule has 3 aliphatic heterocycles. The van der Waals surface area contributed by atoms with E-state index in [9.17, 15) is 14.4 Å². The minimum absolute atomic E-state index is 0.128. The molecule has 2 fully saturated rings. The van der Waals surface area contributed by atoms with Crippen molar-refractivity contribution in [2.45, 2.75) is 38.3 Å². The van der Waals surface area contributed by atoms with Gasteiger partial charge < -0.3 is 20.4 Å². The van der Waals surface area contributed by atoms with Crippen LogP contribution in [0.5, 0.6) is 0 Å². The van der Waals surface area contributed by atoms with Crippen molar-refractivity contribution in [3.05, 3.63) is 29.3 Å². The maximum Gasteiger partial charge on any atom is 0.255 e. The maximum absolute atomic E-state index is 12.8. The smallest absolute Gasteiger partial charge is 0.255 e. The van der Waals surface area contributed by atoms with Gasteiger partial charge in [-0.3, -0.25) is 19.7 Å². The molecule has 8 nitrogen and oxygen atoms in total. The van der Waals surface area contributed by atoms with Gasteiger partial charge in [0.25, 0.3) is 5.91 Å². The summed E-state index contributed by atoms with van der Waals surface area (Å²) in [7, 11) is 0. The topological polar surface area (TPSA) is 93.8 Å². The van der Waals surface area contributed by atoms with Crippen LogP contribution >= 0.6 is 0 Å². The second-order valence-corrected chi connectivity index (χ2v) is 7.96. The fraction of sp³-hybridized carbons (Fsp3) is 0.571.